The maximum absolute atomic E-state index is 12.2. The van der Waals surface area contributed by atoms with Gasteiger partial charge in [-0.25, -0.2) is 9.97 Å². The molecule has 2 heterocycles. The highest BCUT2D eigenvalue weighted by Crippen LogP contribution is 2.20. The first kappa shape index (κ1) is 16.9. The predicted octanol–water partition coefficient (Wildman–Crippen LogP) is 2.69. The molecule has 0 bridgehead atoms. The van der Waals surface area contributed by atoms with E-state index in [2.05, 4.69) is 26.7 Å². The molecule has 3 rings (SSSR count). The minimum absolute atomic E-state index is 0.136. The Hall–Kier alpha value is -1.95. The smallest absolute Gasteiger partial charge is 0.270 e. The molecule has 6 nitrogen and oxygen atoms in total. The first-order valence-corrected chi connectivity index (χ1v) is 8.95. The standard InChI is InChI=1S/C18H26N4O2/c23-18(20-12-15-7-4-10-24-15)16-11-17(22-13-21-16)19-9-8-14-5-2-1-3-6-14/h5,11,13,15H,1-4,6-10,12H2,(H,20,23)(H,19,21,22). The number of aromatic nitrogens is 2. The zero-order chi connectivity index (χ0) is 16.6. The molecule has 0 aromatic carbocycles. The van der Waals surface area contributed by atoms with Gasteiger partial charge in [-0.1, -0.05) is 11.6 Å². The van der Waals surface area contributed by atoms with Crippen LogP contribution in [0.1, 0.15) is 55.4 Å². The molecule has 0 radical (unpaired) electrons. The van der Waals surface area contributed by atoms with Gasteiger partial charge in [0.2, 0.25) is 0 Å². The van der Waals surface area contributed by atoms with Crippen molar-refractivity contribution in [1.82, 2.24) is 15.3 Å². The summed E-state index contributed by atoms with van der Waals surface area (Å²) in [6.45, 7) is 2.16. The third kappa shape index (κ3) is 5.03. The number of amides is 1. The van der Waals surface area contributed by atoms with Crippen LogP contribution in [0.25, 0.3) is 0 Å². The minimum atomic E-state index is -0.175. The summed E-state index contributed by atoms with van der Waals surface area (Å²) in [7, 11) is 0. The van der Waals surface area contributed by atoms with E-state index in [9.17, 15) is 4.79 Å². The number of anilines is 1. The van der Waals surface area contributed by atoms with E-state index in [1.807, 2.05) is 0 Å². The fourth-order valence-corrected chi connectivity index (χ4v) is 3.16. The Bertz CT molecular complexity index is 582. The number of nitrogens with zero attached hydrogens (tertiary/aromatic N) is 2. The van der Waals surface area contributed by atoms with Crippen LogP contribution >= 0.6 is 0 Å². The average Bonchev–Trinajstić information content (AvgIpc) is 3.14. The van der Waals surface area contributed by atoms with Crippen LogP contribution in [0, 0.1) is 0 Å². The predicted molar refractivity (Wildman–Crippen MR) is 93.0 cm³/mol. The van der Waals surface area contributed by atoms with Gasteiger partial charge in [0.1, 0.15) is 17.8 Å². The molecule has 1 amide bonds. The van der Waals surface area contributed by atoms with Crippen molar-refractivity contribution < 1.29 is 9.53 Å². The van der Waals surface area contributed by atoms with Crippen LogP contribution in [0.5, 0.6) is 0 Å². The van der Waals surface area contributed by atoms with Crippen LogP contribution in [0.2, 0.25) is 0 Å². The summed E-state index contributed by atoms with van der Waals surface area (Å²) < 4.78 is 5.51. The molecule has 1 aromatic heterocycles. The zero-order valence-corrected chi connectivity index (χ0v) is 14.1. The third-order valence-electron chi connectivity index (χ3n) is 4.55. The van der Waals surface area contributed by atoms with E-state index in [1.54, 1.807) is 6.07 Å². The molecule has 6 heteroatoms. The maximum atomic E-state index is 12.2. The highest BCUT2D eigenvalue weighted by atomic mass is 16.5. The number of allylic oxidation sites excluding steroid dienone is 1. The van der Waals surface area contributed by atoms with E-state index < -0.39 is 0 Å². The molecule has 0 saturated carbocycles. The molecule has 1 atom stereocenters. The fraction of sp³-hybridized carbons (Fsp3) is 0.611. The molecule has 1 aliphatic carbocycles. The molecule has 1 unspecified atom stereocenters. The van der Waals surface area contributed by atoms with Gasteiger partial charge in [0, 0.05) is 25.8 Å². The number of carbonyl (C=O) groups is 1. The first-order chi connectivity index (χ1) is 11.8. The van der Waals surface area contributed by atoms with E-state index in [1.165, 1.54) is 37.6 Å². The molecular formula is C18H26N4O2. The summed E-state index contributed by atoms with van der Waals surface area (Å²) >= 11 is 0. The molecule has 0 spiro atoms. The normalized spacial score (nSPS) is 20.5. The second-order valence-electron chi connectivity index (χ2n) is 6.42. The van der Waals surface area contributed by atoms with Gasteiger partial charge in [0.25, 0.3) is 5.91 Å². The van der Waals surface area contributed by atoms with Crippen LogP contribution < -0.4 is 10.6 Å². The zero-order valence-electron chi connectivity index (χ0n) is 14.1. The van der Waals surface area contributed by atoms with Crippen molar-refractivity contribution in [2.24, 2.45) is 0 Å². The summed E-state index contributed by atoms with van der Waals surface area (Å²) in [5, 5.41) is 6.17. The average molecular weight is 330 g/mol. The van der Waals surface area contributed by atoms with E-state index in [4.69, 9.17) is 4.74 Å². The molecule has 1 saturated heterocycles. The van der Waals surface area contributed by atoms with Gasteiger partial charge in [0.15, 0.2) is 0 Å². The van der Waals surface area contributed by atoms with Gasteiger partial charge in [-0.3, -0.25) is 4.79 Å². The van der Waals surface area contributed by atoms with Crippen LogP contribution in [0.3, 0.4) is 0 Å². The lowest BCUT2D eigenvalue weighted by molar-refractivity contribution is 0.0853. The number of carbonyl (C=O) groups excluding carboxylic acids is 1. The van der Waals surface area contributed by atoms with Gasteiger partial charge < -0.3 is 15.4 Å². The van der Waals surface area contributed by atoms with Gasteiger partial charge in [-0.15, -0.1) is 0 Å². The molecule has 130 valence electrons. The molecule has 24 heavy (non-hydrogen) atoms. The molecule has 1 fully saturated rings. The van der Waals surface area contributed by atoms with E-state index in [-0.39, 0.29) is 12.0 Å². The third-order valence-corrected chi connectivity index (χ3v) is 4.55. The summed E-state index contributed by atoms with van der Waals surface area (Å²) in [4.78, 5) is 20.4. The first-order valence-electron chi connectivity index (χ1n) is 8.95. The van der Waals surface area contributed by atoms with Gasteiger partial charge >= 0.3 is 0 Å². The van der Waals surface area contributed by atoms with Crippen molar-refractivity contribution >= 4 is 11.7 Å². The monoisotopic (exact) mass is 330 g/mol. The Morgan fingerprint density at radius 3 is 3.04 bits per heavy atom. The highest BCUT2D eigenvalue weighted by molar-refractivity contribution is 5.92. The molecule has 1 aromatic rings. The summed E-state index contributed by atoms with van der Waals surface area (Å²) in [5.74, 6) is 0.523. The molecule has 2 N–H and O–H groups in total. The topological polar surface area (TPSA) is 76.1 Å². The summed E-state index contributed by atoms with van der Waals surface area (Å²) in [6, 6.07) is 1.71. The van der Waals surface area contributed by atoms with Crippen molar-refractivity contribution in [3.05, 3.63) is 29.7 Å². The number of hydrogen-bond donors (Lipinski definition) is 2. The van der Waals surface area contributed by atoms with Crippen molar-refractivity contribution in [3.8, 4) is 0 Å². The van der Waals surface area contributed by atoms with Crippen LogP contribution in [-0.2, 0) is 4.74 Å². The summed E-state index contributed by atoms with van der Waals surface area (Å²) in [6.07, 6.45) is 12.1. The number of hydrogen-bond acceptors (Lipinski definition) is 5. The highest BCUT2D eigenvalue weighted by Gasteiger charge is 2.17. The molecule has 2 aliphatic rings. The van der Waals surface area contributed by atoms with Crippen molar-refractivity contribution in [2.75, 3.05) is 25.0 Å². The number of rotatable bonds is 7. The van der Waals surface area contributed by atoms with Crippen LogP contribution in [-0.4, -0.2) is 41.7 Å². The number of nitrogens with one attached hydrogen (secondary N) is 2. The quantitative estimate of drug-likeness (QED) is 0.752. The Morgan fingerprint density at radius 2 is 2.25 bits per heavy atom. The Balaban J connectivity index is 1.45. The Kier molecular flexibility index (Phi) is 6.18. The lowest BCUT2D eigenvalue weighted by Crippen LogP contribution is -2.32. The second kappa shape index (κ2) is 8.78. The van der Waals surface area contributed by atoms with Crippen molar-refractivity contribution in [3.63, 3.8) is 0 Å². The van der Waals surface area contributed by atoms with Gasteiger partial charge in [-0.05, 0) is 44.9 Å². The van der Waals surface area contributed by atoms with Crippen molar-refractivity contribution in [2.45, 2.75) is 51.0 Å². The SMILES string of the molecule is O=C(NCC1CCCO1)c1cc(NCCC2=CCCCC2)ncn1. The number of ether oxygens (including phenoxy) is 1. The van der Waals surface area contributed by atoms with E-state index >= 15 is 0 Å². The maximum Gasteiger partial charge on any atom is 0.270 e. The van der Waals surface area contributed by atoms with E-state index in [0.29, 0.717) is 18.1 Å². The molecule has 1 aliphatic heterocycles. The minimum Gasteiger partial charge on any atom is -0.376 e. The Morgan fingerprint density at radius 1 is 1.29 bits per heavy atom. The largest absolute Gasteiger partial charge is 0.376 e. The van der Waals surface area contributed by atoms with Gasteiger partial charge in [-0.2, -0.15) is 0 Å². The Labute approximate surface area is 143 Å². The van der Waals surface area contributed by atoms with Crippen LogP contribution in [0.4, 0.5) is 5.82 Å². The van der Waals surface area contributed by atoms with E-state index in [0.717, 1.165) is 32.4 Å². The lowest BCUT2D eigenvalue weighted by atomic mass is 9.97. The van der Waals surface area contributed by atoms with Crippen molar-refractivity contribution in [1.29, 1.82) is 0 Å². The fourth-order valence-electron chi connectivity index (χ4n) is 3.16. The lowest BCUT2D eigenvalue weighted by Gasteiger charge is -2.13. The molecular weight excluding hydrogens is 304 g/mol. The van der Waals surface area contributed by atoms with Crippen LogP contribution in [0.15, 0.2) is 24.0 Å². The second-order valence-corrected chi connectivity index (χ2v) is 6.42. The summed E-state index contributed by atoms with van der Waals surface area (Å²) in [5.41, 5.74) is 1.92. The van der Waals surface area contributed by atoms with Gasteiger partial charge in [0.05, 0.1) is 6.10 Å².